The lowest BCUT2D eigenvalue weighted by atomic mass is 9.95. The number of carbonyl (C=O) groups excluding carboxylic acids is 1. The van der Waals surface area contributed by atoms with Crippen molar-refractivity contribution in [3.05, 3.63) is 29.6 Å². The normalized spacial score (nSPS) is 24.1. The third-order valence-corrected chi connectivity index (χ3v) is 3.69. The van der Waals surface area contributed by atoms with E-state index in [4.69, 9.17) is 5.73 Å². The van der Waals surface area contributed by atoms with E-state index in [0.717, 1.165) is 25.0 Å². The summed E-state index contributed by atoms with van der Waals surface area (Å²) in [6.07, 6.45) is 4.87. The molecule has 2 atom stereocenters. The summed E-state index contributed by atoms with van der Waals surface area (Å²) in [5, 5.41) is 0. The number of hydrogen-bond acceptors (Lipinski definition) is 3. The van der Waals surface area contributed by atoms with E-state index in [1.165, 1.54) is 0 Å². The first-order valence-electron chi connectivity index (χ1n) is 6.59. The summed E-state index contributed by atoms with van der Waals surface area (Å²) in [5.74, 6) is 0.0603. The molecule has 0 saturated carbocycles. The fourth-order valence-corrected chi connectivity index (χ4v) is 2.63. The maximum Gasteiger partial charge on any atom is 0.255 e. The highest BCUT2D eigenvalue weighted by Crippen LogP contribution is 2.24. The van der Waals surface area contributed by atoms with Crippen molar-refractivity contribution in [3.63, 3.8) is 0 Å². The predicted octanol–water partition coefficient (Wildman–Crippen LogP) is 1.73. The van der Waals surface area contributed by atoms with Crippen molar-refractivity contribution in [3.8, 4) is 0 Å². The van der Waals surface area contributed by atoms with E-state index in [0.29, 0.717) is 12.1 Å². The van der Waals surface area contributed by atoms with Crippen LogP contribution in [0.4, 0.5) is 0 Å². The molecule has 2 N–H and O–H groups in total. The fourth-order valence-electron chi connectivity index (χ4n) is 2.63. The molecule has 1 amide bonds. The van der Waals surface area contributed by atoms with Gasteiger partial charge in [0.25, 0.3) is 5.91 Å². The molecule has 1 aromatic heterocycles. The number of piperidine rings is 1. The third-order valence-electron chi connectivity index (χ3n) is 3.69. The Morgan fingerprint density at radius 1 is 1.50 bits per heavy atom. The predicted molar refractivity (Wildman–Crippen MR) is 71.3 cm³/mol. The Bertz CT molecular complexity index is 416. The van der Waals surface area contributed by atoms with Gasteiger partial charge in [0.2, 0.25) is 0 Å². The van der Waals surface area contributed by atoms with E-state index >= 15 is 0 Å². The number of likely N-dealkylation sites (tertiary alicyclic amines) is 1. The summed E-state index contributed by atoms with van der Waals surface area (Å²) in [7, 11) is 0. The van der Waals surface area contributed by atoms with Gasteiger partial charge in [0, 0.05) is 30.5 Å². The largest absolute Gasteiger partial charge is 0.332 e. The second-order valence-electron chi connectivity index (χ2n) is 5.07. The van der Waals surface area contributed by atoms with Crippen LogP contribution in [0.25, 0.3) is 0 Å². The van der Waals surface area contributed by atoms with Crippen molar-refractivity contribution in [2.24, 2.45) is 5.73 Å². The molecular weight excluding hydrogens is 226 g/mol. The van der Waals surface area contributed by atoms with E-state index in [1.54, 1.807) is 6.20 Å². The fraction of sp³-hybridized carbons (Fsp3) is 0.571. The molecule has 2 rings (SSSR count). The molecule has 4 heteroatoms. The van der Waals surface area contributed by atoms with Crippen LogP contribution < -0.4 is 5.73 Å². The molecule has 1 fully saturated rings. The lowest BCUT2D eigenvalue weighted by molar-refractivity contribution is 0.0493. The minimum atomic E-state index is 0.0603. The molecule has 0 aromatic carbocycles. The number of nitrogens with two attached hydrogens (primary N) is 1. The molecule has 1 aromatic rings. The average Bonchev–Trinajstić information content (AvgIpc) is 2.38. The standard InChI is InChI=1S/C14H21N3O/c1-10-6-7-12(9-16-10)14(18)17-11(2)4-3-5-13(17)8-15/h6-7,9,11,13H,3-5,8,15H2,1-2H3. The van der Waals surface area contributed by atoms with Crippen LogP contribution in [-0.2, 0) is 0 Å². The molecular formula is C14H21N3O. The molecule has 0 radical (unpaired) electrons. The summed E-state index contributed by atoms with van der Waals surface area (Å²) in [6, 6.07) is 4.16. The average molecular weight is 247 g/mol. The minimum Gasteiger partial charge on any atom is -0.332 e. The van der Waals surface area contributed by atoms with Crippen LogP contribution >= 0.6 is 0 Å². The molecule has 0 bridgehead atoms. The topological polar surface area (TPSA) is 59.2 Å². The number of rotatable bonds is 2. The zero-order chi connectivity index (χ0) is 13.1. The zero-order valence-electron chi connectivity index (χ0n) is 11.1. The molecule has 1 aliphatic rings. The van der Waals surface area contributed by atoms with Gasteiger partial charge in [-0.1, -0.05) is 0 Å². The minimum absolute atomic E-state index is 0.0603. The van der Waals surface area contributed by atoms with Crippen molar-refractivity contribution in [2.45, 2.75) is 45.2 Å². The maximum atomic E-state index is 12.5. The van der Waals surface area contributed by atoms with Gasteiger partial charge in [-0.25, -0.2) is 0 Å². The van der Waals surface area contributed by atoms with Crippen LogP contribution in [-0.4, -0.2) is 34.4 Å². The second kappa shape index (κ2) is 5.48. The van der Waals surface area contributed by atoms with Crippen LogP contribution in [0.15, 0.2) is 18.3 Å². The van der Waals surface area contributed by atoms with Gasteiger partial charge in [-0.3, -0.25) is 9.78 Å². The van der Waals surface area contributed by atoms with Gasteiger partial charge in [0.1, 0.15) is 0 Å². The molecule has 0 aliphatic carbocycles. The Labute approximate surface area is 108 Å². The Balaban J connectivity index is 2.22. The van der Waals surface area contributed by atoms with Crippen molar-refractivity contribution >= 4 is 5.91 Å². The second-order valence-corrected chi connectivity index (χ2v) is 5.07. The first-order valence-corrected chi connectivity index (χ1v) is 6.59. The number of aryl methyl sites for hydroxylation is 1. The molecule has 0 spiro atoms. The summed E-state index contributed by atoms with van der Waals surface area (Å²) < 4.78 is 0. The monoisotopic (exact) mass is 247 g/mol. The summed E-state index contributed by atoms with van der Waals surface area (Å²) in [5.41, 5.74) is 7.37. The first-order chi connectivity index (χ1) is 8.63. The summed E-state index contributed by atoms with van der Waals surface area (Å²) >= 11 is 0. The Kier molecular flexibility index (Phi) is 3.97. The highest BCUT2D eigenvalue weighted by molar-refractivity contribution is 5.94. The van der Waals surface area contributed by atoms with Crippen LogP contribution in [0.3, 0.4) is 0 Å². The lowest BCUT2D eigenvalue weighted by Gasteiger charge is -2.40. The Hall–Kier alpha value is -1.42. The Morgan fingerprint density at radius 3 is 2.89 bits per heavy atom. The van der Waals surface area contributed by atoms with Crippen LogP contribution in [0.5, 0.6) is 0 Å². The van der Waals surface area contributed by atoms with Gasteiger partial charge in [-0.15, -0.1) is 0 Å². The molecule has 2 unspecified atom stereocenters. The van der Waals surface area contributed by atoms with E-state index in [-0.39, 0.29) is 18.0 Å². The van der Waals surface area contributed by atoms with Gasteiger partial charge in [0.15, 0.2) is 0 Å². The smallest absolute Gasteiger partial charge is 0.255 e. The van der Waals surface area contributed by atoms with E-state index in [2.05, 4.69) is 11.9 Å². The molecule has 2 heterocycles. The van der Waals surface area contributed by atoms with Crippen LogP contribution in [0.2, 0.25) is 0 Å². The number of nitrogens with zero attached hydrogens (tertiary/aromatic N) is 2. The van der Waals surface area contributed by atoms with Gasteiger partial charge in [-0.2, -0.15) is 0 Å². The summed E-state index contributed by atoms with van der Waals surface area (Å²) in [6.45, 7) is 4.55. The van der Waals surface area contributed by atoms with Crippen molar-refractivity contribution in [1.29, 1.82) is 0 Å². The number of amides is 1. The van der Waals surface area contributed by atoms with E-state index < -0.39 is 0 Å². The summed E-state index contributed by atoms with van der Waals surface area (Å²) in [4.78, 5) is 18.7. The first kappa shape index (κ1) is 13.0. The molecule has 18 heavy (non-hydrogen) atoms. The maximum absolute atomic E-state index is 12.5. The van der Waals surface area contributed by atoms with Crippen molar-refractivity contribution in [2.75, 3.05) is 6.54 Å². The van der Waals surface area contributed by atoms with E-state index in [1.807, 2.05) is 24.0 Å². The number of hydrogen-bond donors (Lipinski definition) is 1. The SMILES string of the molecule is Cc1ccc(C(=O)N2C(C)CCCC2CN)cn1. The van der Waals surface area contributed by atoms with E-state index in [9.17, 15) is 4.79 Å². The number of pyridine rings is 1. The third kappa shape index (κ3) is 2.53. The van der Waals surface area contributed by atoms with Crippen LogP contribution in [0, 0.1) is 6.92 Å². The van der Waals surface area contributed by atoms with Crippen LogP contribution in [0.1, 0.15) is 42.2 Å². The zero-order valence-corrected chi connectivity index (χ0v) is 11.1. The van der Waals surface area contributed by atoms with Gasteiger partial charge in [-0.05, 0) is 45.2 Å². The molecule has 1 aliphatic heterocycles. The number of carbonyl (C=O) groups is 1. The number of aromatic nitrogens is 1. The van der Waals surface area contributed by atoms with Gasteiger partial charge < -0.3 is 10.6 Å². The molecule has 4 nitrogen and oxygen atoms in total. The van der Waals surface area contributed by atoms with Crippen molar-refractivity contribution in [1.82, 2.24) is 9.88 Å². The Morgan fingerprint density at radius 2 is 2.28 bits per heavy atom. The highest BCUT2D eigenvalue weighted by Gasteiger charge is 2.31. The van der Waals surface area contributed by atoms with Gasteiger partial charge >= 0.3 is 0 Å². The molecule has 98 valence electrons. The lowest BCUT2D eigenvalue weighted by Crippen LogP contribution is -2.51. The molecule has 1 saturated heterocycles. The van der Waals surface area contributed by atoms with Crippen molar-refractivity contribution < 1.29 is 4.79 Å². The quantitative estimate of drug-likeness (QED) is 0.866. The van der Waals surface area contributed by atoms with Gasteiger partial charge in [0.05, 0.1) is 5.56 Å². The highest BCUT2D eigenvalue weighted by atomic mass is 16.2.